The lowest BCUT2D eigenvalue weighted by molar-refractivity contribution is -0.137. The summed E-state index contributed by atoms with van der Waals surface area (Å²) in [5.74, 6) is -1.84. The highest BCUT2D eigenvalue weighted by atomic mass is 32.2. The van der Waals surface area contributed by atoms with Gasteiger partial charge in [0.05, 0.1) is 10.5 Å². The maximum Gasteiger partial charge on any atom is 0.416 e. The van der Waals surface area contributed by atoms with Crippen LogP contribution in [0.2, 0.25) is 0 Å². The van der Waals surface area contributed by atoms with Crippen LogP contribution >= 0.6 is 0 Å². The first-order valence-corrected chi connectivity index (χ1v) is 13.1. The fourth-order valence-electron chi connectivity index (χ4n) is 4.02. The maximum atomic E-state index is 13.0. The maximum absolute atomic E-state index is 13.0. The van der Waals surface area contributed by atoms with E-state index in [1.165, 1.54) is 16.4 Å². The summed E-state index contributed by atoms with van der Waals surface area (Å²) < 4.78 is 66.1. The average Bonchev–Trinajstić information content (AvgIpc) is 2.82. The quantitative estimate of drug-likeness (QED) is 0.567. The summed E-state index contributed by atoms with van der Waals surface area (Å²) in [5.41, 5.74) is 0.0308. The Labute approximate surface area is 209 Å². The van der Waals surface area contributed by atoms with Crippen molar-refractivity contribution in [3.63, 3.8) is 0 Å². The monoisotopic (exact) mass is 525 g/mol. The van der Waals surface area contributed by atoms with Crippen LogP contribution in [0.1, 0.15) is 37.8 Å². The number of aryl methyl sites for hydroxylation is 1. The molecule has 2 N–H and O–H groups in total. The molecule has 0 bridgehead atoms. The molecule has 36 heavy (non-hydrogen) atoms. The Hall–Kier alpha value is -2.92. The Balaban J connectivity index is 1.61. The summed E-state index contributed by atoms with van der Waals surface area (Å²) in [6.07, 6.45) is -3.97. The largest absolute Gasteiger partial charge is 0.416 e. The number of anilines is 1. The minimum Gasteiger partial charge on any atom is -0.344 e. The SMILES string of the molecule is Cc1ccc(S(=O)(=O)N2CCC(C(=O)N[C@H](C(=O)Nc3cccc(C(F)(F)F)c3)C(C)C)CC2)cc1. The Bertz CT molecular complexity index is 1190. The number of amides is 2. The van der Waals surface area contributed by atoms with Crippen molar-refractivity contribution in [2.45, 2.75) is 50.7 Å². The molecular formula is C25H30F3N3O4S. The molecule has 1 atom stereocenters. The molecule has 11 heteroatoms. The van der Waals surface area contributed by atoms with Gasteiger partial charge < -0.3 is 10.6 Å². The number of hydrogen-bond acceptors (Lipinski definition) is 4. The Kier molecular flexibility index (Phi) is 8.45. The fraction of sp³-hybridized carbons (Fsp3) is 0.440. The minimum absolute atomic E-state index is 0.0238. The van der Waals surface area contributed by atoms with Gasteiger partial charge in [0.25, 0.3) is 0 Å². The zero-order valence-corrected chi connectivity index (χ0v) is 21.1. The van der Waals surface area contributed by atoms with Crippen molar-refractivity contribution in [3.8, 4) is 0 Å². The number of piperidine rings is 1. The zero-order valence-electron chi connectivity index (χ0n) is 20.3. The molecule has 196 valence electrons. The molecule has 0 saturated carbocycles. The van der Waals surface area contributed by atoms with E-state index in [4.69, 9.17) is 0 Å². The van der Waals surface area contributed by atoms with Crippen LogP contribution in [0.15, 0.2) is 53.4 Å². The molecule has 1 aliphatic heterocycles. The topological polar surface area (TPSA) is 95.6 Å². The molecular weight excluding hydrogens is 495 g/mol. The van der Waals surface area contributed by atoms with E-state index < -0.39 is 39.6 Å². The molecule has 2 aromatic carbocycles. The number of hydrogen-bond donors (Lipinski definition) is 2. The Morgan fingerprint density at radius 3 is 2.19 bits per heavy atom. The highest BCUT2D eigenvalue weighted by Crippen LogP contribution is 2.31. The Morgan fingerprint density at radius 1 is 1.03 bits per heavy atom. The lowest BCUT2D eigenvalue weighted by Crippen LogP contribution is -2.50. The normalized spacial score (nSPS) is 16.5. The van der Waals surface area contributed by atoms with Crippen LogP contribution in [-0.2, 0) is 25.8 Å². The Morgan fingerprint density at radius 2 is 1.64 bits per heavy atom. The van der Waals surface area contributed by atoms with Crippen molar-refractivity contribution < 1.29 is 31.2 Å². The van der Waals surface area contributed by atoms with Crippen molar-refractivity contribution in [1.29, 1.82) is 0 Å². The average molecular weight is 526 g/mol. The summed E-state index contributed by atoms with van der Waals surface area (Å²) in [6.45, 7) is 5.62. The van der Waals surface area contributed by atoms with Crippen LogP contribution in [-0.4, -0.2) is 43.7 Å². The first kappa shape index (κ1) is 27.7. The molecule has 0 aromatic heterocycles. The number of nitrogens with one attached hydrogen (secondary N) is 2. The van der Waals surface area contributed by atoms with Gasteiger partial charge in [-0.05, 0) is 56.0 Å². The van der Waals surface area contributed by atoms with E-state index in [0.717, 1.165) is 17.7 Å². The predicted molar refractivity (Wildman–Crippen MR) is 130 cm³/mol. The van der Waals surface area contributed by atoms with Gasteiger partial charge in [0.1, 0.15) is 6.04 Å². The fourth-order valence-corrected chi connectivity index (χ4v) is 5.49. The van der Waals surface area contributed by atoms with Gasteiger partial charge in [-0.15, -0.1) is 0 Å². The van der Waals surface area contributed by atoms with Gasteiger partial charge in [0.15, 0.2) is 0 Å². The third-order valence-electron chi connectivity index (χ3n) is 6.19. The van der Waals surface area contributed by atoms with Crippen molar-refractivity contribution >= 4 is 27.5 Å². The molecule has 1 fully saturated rings. The summed E-state index contributed by atoms with van der Waals surface area (Å²) in [6, 6.07) is 9.87. The molecule has 0 spiro atoms. The standard InChI is InChI=1S/C25H30F3N3O4S/c1-16(2)22(24(33)29-20-6-4-5-19(15-20)25(26,27)28)30-23(32)18-11-13-31(14-12-18)36(34,35)21-9-7-17(3)8-10-21/h4-10,15-16,18,22H,11-14H2,1-3H3,(H,29,33)(H,30,32)/t22-/m0/s1. The van der Waals surface area contributed by atoms with Gasteiger partial charge in [0, 0.05) is 24.7 Å². The molecule has 1 aliphatic rings. The third kappa shape index (κ3) is 6.64. The van der Waals surface area contributed by atoms with Crippen molar-refractivity contribution in [2.24, 2.45) is 11.8 Å². The van der Waals surface area contributed by atoms with E-state index in [1.807, 2.05) is 6.92 Å². The van der Waals surface area contributed by atoms with E-state index in [0.29, 0.717) is 0 Å². The van der Waals surface area contributed by atoms with Crippen molar-refractivity contribution in [1.82, 2.24) is 9.62 Å². The number of carbonyl (C=O) groups is 2. The van der Waals surface area contributed by atoms with Gasteiger partial charge in [-0.25, -0.2) is 8.42 Å². The van der Waals surface area contributed by atoms with Gasteiger partial charge >= 0.3 is 6.18 Å². The molecule has 2 amide bonds. The lowest BCUT2D eigenvalue weighted by atomic mass is 9.95. The van der Waals surface area contributed by atoms with Gasteiger partial charge in [-0.1, -0.05) is 37.6 Å². The number of nitrogens with zero attached hydrogens (tertiary/aromatic N) is 1. The molecule has 2 aromatic rings. The van der Waals surface area contributed by atoms with Crippen LogP contribution in [0.3, 0.4) is 0 Å². The summed E-state index contributed by atoms with van der Waals surface area (Å²) in [5, 5.41) is 5.15. The summed E-state index contributed by atoms with van der Waals surface area (Å²) >= 11 is 0. The van der Waals surface area contributed by atoms with Crippen LogP contribution in [0, 0.1) is 18.8 Å². The van der Waals surface area contributed by atoms with Crippen molar-refractivity contribution in [2.75, 3.05) is 18.4 Å². The van der Waals surface area contributed by atoms with Gasteiger partial charge in [-0.3, -0.25) is 9.59 Å². The van der Waals surface area contributed by atoms with Crippen LogP contribution in [0.25, 0.3) is 0 Å². The second kappa shape index (κ2) is 11.0. The highest BCUT2D eigenvalue weighted by molar-refractivity contribution is 7.89. The van der Waals surface area contributed by atoms with Gasteiger partial charge in [-0.2, -0.15) is 17.5 Å². The van der Waals surface area contributed by atoms with Crippen molar-refractivity contribution in [3.05, 3.63) is 59.7 Å². The number of rotatable bonds is 7. The summed E-state index contributed by atoms with van der Waals surface area (Å²) in [4.78, 5) is 25.9. The third-order valence-corrected chi connectivity index (χ3v) is 8.10. The molecule has 0 aliphatic carbocycles. The van der Waals surface area contributed by atoms with Gasteiger partial charge in [0.2, 0.25) is 21.8 Å². The zero-order chi connectivity index (χ0) is 26.7. The molecule has 0 unspecified atom stereocenters. The number of benzene rings is 2. The molecule has 7 nitrogen and oxygen atoms in total. The number of sulfonamides is 1. The molecule has 3 rings (SSSR count). The highest BCUT2D eigenvalue weighted by Gasteiger charge is 2.35. The molecule has 1 saturated heterocycles. The number of alkyl halides is 3. The van der Waals surface area contributed by atoms with E-state index in [-0.39, 0.29) is 48.3 Å². The molecule has 0 radical (unpaired) electrons. The van der Waals surface area contributed by atoms with E-state index >= 15 is 0 Å². The first-order valence-electron chi connectivity index (χ1n) is 11.6. The van der Waals surface area contributed by atoms with Crippen LogP contribution < -0.4 is 10.6 Å². The van der Waals surface area contributed by atoms with E-state index in [1.54, 1.807) is 38.1 Å². The first-order chi connectivity index (χ1) is 16.8. The minimum atomic E-state index is -4.55. The smallest absolute Gasteiger partial charge is 0.344 e. The molecule has 1 heterocycles. The van der Waals surface area contributed by atoms with Crippen LogP contribution in [0.5, 0.6) is 0 Å². The second-order valence-electron chi connectivity index (χ2n) is 9.29. The lowest BCUT2D eigenvalue weighted by Gasteiger charge is -2.32. The van der Waals surface area contributed by atoms with E-state index in [2.05, 4.69) is 10.6 Å². The number of halogens is 3. The van der Waals surface area contributed by atoms with E-state index in [9.17, 15) is 31.2 Å². The predicted octanol–water partition coefficient (Wildman–Crippen LogP) is 4.19. The second-order valence-corrected chi connectivity index (χ2v) is 11.2. The number of carbonyl (C=O) groups excluding carboxylic acids is 2. The van der Waals surface area contributed by atoms with Crippen LogP contribution in [0.4, 0.5) is 18.9 Å². The summed E-state index contributed by atoms with van der Waals surface area (Å²) in [7, 11) is -3.67.